The van der Waals surface area contributed by atoms with Crippen molar-refractivity contribution in [2.45, 2.75) is 38.6 Å². The number of rotatable bonds is 4. The summed E-state index contributed by atoms with van der Waals surface area (Å²) >= 11 is 0. The molecule has 6 heteroatoms. The molecule has 2 heterocycles. The second kappa shape index (κ2) is 5.84. The number of hydrogen-bond acceptors (Lipinski definition) is 6. The first-order valence-electron chi connectivity index (χ1n) is 6.53. The zero-order valence-electron chi connectivity index (χ0n) is 11.3. The summed E-state index contributed by atoms with van der Waals surface area (Å²) in [5.74, 6) is 1.27. The fourth-order valence-corrected chi connectivity index (χ4v) is 2.37. The highest BCUT2D eigenvalue weighted by Crippen LogP contribution is 2.25. The Kier molecular flexibility index (Phi) is 4.17. The van der Waals surface area contributed by atoms with Crippen LogP contribution in [0.15, 0.2) is 0 Å². The first-order chi connectivity index (χ1) is 8.78. The fourth-order valence-electron chi connectivity index (χ4n) is 2.37. The minimum atomic E-state index is 0.366. The quantitative estimate of drug-likeness (QED) is 0.878. The molecule has 18 heavy (non-hydrogen) atoms. The summed E-state index contributed by atoms with van der Waals surface area (Å²) < 4.78 is 5.13. The van der Waals surface area contributed by atoms with Gasteiger partial charge in [0.1, 0.15) is 0 Å². The summed E-state index contributed by atoms with van der Waals surface area (Å²) in [6, 6.07) is 0.889. The lowest BCUT2D eigenvalue weighted by atomic mass is 10.0. The Morgan fingerprint density at radius 2 is 2.17 bits per heavy atom. The van der Waals surface area contributed by atoms with E-state index in [-0.39, 0.29) is 0 Å². The van der Waals surface area contributed by atoms with E-state index in [1.807, 2.05) is 0 Å². The number of aromatic nitrogens is 3. The minimum Gasteiger partial charge on any atom is -0.467 e. The highest BCUT2D eigenvalue weighted by molar-refractivity contribution is 5.39. The first-order valence-corrected chi connectivity index (χ1v) is 6.53. The molecule has 1 fully saturated rings. The lowest BCUT2D eigenvalue weighted by Gasteiger charge is -2.35. The average molecular weight is 251 g/mol. The predicted molar refractivity (Wildman–Crippen MR) is 71.2 cm³/mol. The van der Waals surface area contributed by atoms with Crippen molar-refractivity contribution in [3.05, 3.63) is 0 Å². The van der Waals surface area contributed by atoms with E-state index in [1.54, 1.807) is 14.2 Å². The van der Waals surface area contributed by atoms with E-state index in [1.165, 1.54) is 19.3 Å². The molecule has 1 aromatic rings. The lowest BCUT2D eigenvalue weighted by Crippen LogP contribution is -2.40. The number of methoxy groups -OCH3 is 1. The van der Waals surface area contributed by atoms with E-state index in [0.29, 0.717) is 18.0 Å². The topological polar surface area (TPSA) is 63.2 Å². The van der Waals surface area contributed by atoms with Crippen molar-refractivity contribution >= 4 is 11.9 Å². The summed E-state index contributed by atoms with van der Waals surface area (Å²) in [4.78, 5) is 15.2. The van der Waals surface area contributed by atoms with Gasteiger partial charge in [0.25, 0.3) is 0 Å². The van der Waals surface area contributed by atoms with Crippen LogP contribution in [0.4, 0.5) is 11.9 Å². The van der Waals surface area contributed by atoms with Crippen molar-refractivity contribution in [1.29, 1.82) is 0 Å². The van der Waals surface area contributed by atoms with Gasteiger partial charge in [0.2, 0.25) is 11.9 Å². The van der Waals surface area contributed by atoms with Crippen LogP contribution < -0.4 is 15.0 Å². The van der Waals surface area contributed by atoms with Gasteiger partial charge in [-0.2, -0.15) is 15.0 Å². The van der Waals surface area contributed by atoms with Crippen LogP contribution in [0.25, 0.3) is 0 Å². The molecule has 1 atom stereocenters. The van der Waals surface area contributed by atoms with E-state index in [2.05, 4.69) is 32.1 Å². The van der Waals surface area contributed by atoms with Crippen LogP contribution in [-0.2, 0) is 0 Å². The van der Waals surface area contributed by atoms with Crippen molar-refractivity contribution in [2.75, 3.05) is 30.9 Å². The molecule has 1 aliphatic rings. The number of hydrogen-bond donors (Lipinski definition) is 1. The summed E-state index contributed by atoms with van der Waals surface area (Å²) in [6.07, 6.45) is 4.80. The SMILES string of the molecule is CCC1CCCCN1c1nc(NC)nc(OC)n1. The number of anilines is 2. The fraction of sp³-hybridized carbons (Fsp3) is 0.750. The molecular formula is C12H21N5O. The van der Waals surface area contributed by atoms with Gasteiger partial charge in [0.05, 0.1) is 7.11 Å². The average Bonchev–Trinajstić information content (AvgIpc) is 2.46. The van der Waals surface area contributed by atoms with Crippen molar-refractivity contribution in [1.82, 2.24) is 15.0 Å². The largest absolute Gasteiger partial charge is 0.467 e. The smallest absolute Gasteiger partial charge is 0.322 e. The molecule has 1 N–H and O–H groups in total. The van der Waals surface area contributed by atoms with Gasteiger partial charge in [0, 0.05) is 19.6 Å². The van der Waals surface area contributed by atoms with Crippen LogP contribution in [0.3, 0.4) is 0 Å². The number of nitrogens with zero attached hydrogens (tertiary/aromatic N) is 4. The van der Waals surface area contributed by atoms with Crippen LogP contribution in [-0.4, -0.2) is 41.7 Å². The van der Waals surface area contributed by atoms with Crippen LogP contribution in [0, 0.1) is 0 Å². The number of nitrogens with one attached hydrogen (secondary N) is 1. The molecule has 0 aromatic carbocycles. The van der Waals surface area contributed by atoms with Gasteiger partial charge in [-0.3, -0.25) is 0 Å². The summed E-state index contributed by atoms with van der Waals surface area (Å²) in [5, 5.41) is 2.95. The lowest BCUT2D eigenvalue weighted by molar-refractivity contribution is 0.375. The third-order valence-electron chi connectivity index (χ3n) is 3.36. The Bertz CT molecular complexity index is 376. The molecule has 1 unspecified atom stereocenters. The van der Waals surface area contributed by atoms with Gasteiger partial charge in [-0.05, 0) is 25.7 Å². The van der Waals surface area contributed by atoms with E-state index >= 15 is 0 Å². The zero-order valence-corrected chi connectivity index (χ0v) is 11.3. The molecule has 0 spiro atoms. The number of ether oxygens (including phenoxy) is 1. The molecular weight excluding hydrogens is 230 g/mol. The van der Waals surface area contributed by atoms with E-state index < -0.39 is 0 Å². The first kappa shape index (κ1) is 12.9. The Labute approximate surface area is 108 Å². The number of piperidine rings is 1. The minimum absolute atomic E-state index is 0.366. The maximum Gasteiger partial charge on any atom is 0.322 e. The second-order valence-electron chi connectivity index (χ2n) is 4.45. The maximum atomic E-state index is 5.13. The Balaban J connectivity index is 2.29. The van der Waals surface area contributed by atoms with Gasteiger partial charge in [-0.15, -0.1) is 0 Å². The molecule has 100 valence electrons. The normalized spacial score (nSPS) is 19.7. The molecule has 0 amide bonds. The predicted octanol–water partition coefficient (Wildman–Crippen LogP) is 1.69. The summed E-state index contributed by atoms with van der Waals surface area (Å²) in [6.45, 7) is 3.22. The maximum absolute atomic E-state index is 5.13. The molecule has 1 aliphatic heterocycles. The molecule has 6 nitrogen and oxygen atoms in total. The van der Waals surface area contributed by atoms with Crippen LogP contribution in [0.1, 0.15) is 32.6 Å². The Morgan fingerprint density at radius 1 is 1.33 bits per heavy atom. The van der Waals surface area contributed by atoms with Gasteiger partial charge < -0.3 is 15.0 Å². The van der Waals surface area contributed by atoms with Crippen molar-refractivity contribution in [3.8, 4) is 6.01 Å². The van der Waals surface area contributed by atoms with Gasteiger partial charge in [0.15, 0.2) is 0 Å². The van der Waals surface area contributed by atoms with Gasteiger partial charge in [-0.25, -0.2) is 0 Å². The summed E-state index contributed by atoms with van der Waals surface area (Å²) in [7, 11) is 3.37. The molecule has 0 radical (unpaired) electrons. The molecule has 1 aromatic heterocycles. The third-order valence-corrected chi connectivity index (χ3v) is 3.36. The molecule has 0 bridgehead atoms. The van der Waals surface area contributed by atoms with E-state index in [0.717, 1.165) is 18.9 Å². The Hall–Kier alpha value is -1.59. The molecule has 2 rings (SSSR count). The van der Waals surface area contributed by atoms with Gasteiger partial charge >= 0.3 is 6.01 Å². The van der Waals surface area contributed by atoms with E-state index in [4.69, 9.17) is 4.74 Å². The molecule has 0 aliphatic carbocycles. The van der Waals surface area contributed by atoms with Crippen LogP contribution >= 0.6 is 0 Å². The highest BCUT2D eigenvalue weighted by Gasteiger charge is 2.24. The molecule has 1 saturated heterocycles. The highest BCUT2D eigenvalue weighted by atomic mass is 16.5. The standard InChI is InChI=1S/C12H21N5O/c1-4-9-7-5-6-8-17(9)11-14-10(13-2)15-12(16-11)18-3/h9H,4-8H2,1-3H3,(H,13,14,15,16). The van der Waals surface area contributed by atoms with Crippen molar-refractivity contribution in [2.24, 2.45) is 0 Å². The van der Waals surface area contributed by atoms with Crippen LogP contribution in [0.5, 0.6) is 6.01 Å². The molecule has 0 saturated carbocycles. The van der Waals surface area contributed by atoms with Crippen LogP contribution in [0.2, 0.25) is 0 Å². The summed E-state index contributed by atoms with van der Waals surface area (Å²) in [5.41, 5.74) is 0. The Morgan fingerprint density at radius 3 is 2.83 bits per heavy atom. The van der Waals surface area contributed by atoms with Gasteiger partial charge in [-0.1, -0.05) is 6.92 Å². The zero-order chi connectivity index (χ0) is 13.0. The van der Waals surface area contributed by atoms with Crippen molar-refractivity contribution < 1.29 is 4.74 Å². The van der Waals surface area contributed by atoms with Crippen molar-refractivity contribution in [3.63, 3.8) is 0 Å². The van der Waals surface area contributed by atoms with E-state index in [9.17, 15) is 0 Å². The third kappa shape index (κ3) is 2.63. The second-order valence-corrected chi connectivity index (χ2v) is 4.45. The monoisotopic (exact) mass is 251 g/mol.